The molecule has 2 bridgehead atoms. The summed E-state index contributed by atoms with van der Waals surface area (Å²) in [6.45, 7) is 0. The normalized spacial score (nSPS) is 30.0. The molecule has 26 heavy (non-hydrogen) atoms. The number of rotatable bonds is 4. The van der Waals surface area contributed by atoms with Gasteiger partial charge >= 0.3 is 0 Å². The van der Waals surface area contributed by atoms with Crippen LogP contribution in [0.5, 0.6) is 0 Å². The van der Waals surface area contributed by atoms with Crippen LogP contribution in [0.3, 0.4) is 0 Å². The minimum atomic E-state index is -0.0418. The molecular formula is C20H28ClN3O2. The second kappa shape index (κ2) is 7.97. The highest BCUT2D eigenvalue weighted by molar-refractivity contribution is 5.98. The Labute approximate surface area is 160 Å². The number of hydrogen-bond donors (Lipinski definition) is 3. The lowest BCUT2D eigenvalue weighted by atomic mass is 9.67. The molecule has 3 aliphatic rings. The summed E-state index contributed by atoms with van der Waals surface area (Å²) in [7, 11) is 0. The van der Waals surface area contributed by atoms with E-state index in [0.717, 1.165) is 38.5 Å². The molecule has 0 heterocycles. The Kier molecular flexibility index (Phi) is 5.88. The third-order valence-electron chi connectivity index (χ3n) is 6.01. The Morgan fingerprint density at radius 2 is 1.73 bits per heavy atom. The maximum atomic E-state index is 12.8. The molecule has 3 aliphatic carbocycles. The third kappa shape index (κ3) is 4.21. The Morgan fingerprint density at radius 1 is 1.04 bits per heavy atom. The van der Waals surface area contributed by atoms with Crippen LogP contribution in [0.15, 0.2) is 24.3 Å². The van der Waals surface area contributed by atoms with Crippen LogP contribution in [0.4, 0.5) is 5.69 Å². The first-order chi connectivity index (χ1) is 12.1. The van der Waals surface area contributed by atoms with Crippen LogP contribution >= 0.6 is 12.4 Å². The number of amides is 2. The van der Waals surface area contributed by atoms with Crippen LogP contribution in [0.1, 0.15) is 55.3 Å². The fraction of sp³-hybridized carbons (Fsp3) is 0.600. The molecule has 3 fully saturated rings. The molecule has 2 amide bonds. The highest BCUT2D eigenvalue weighted by Crippen LogP contribution is 2.39. The smallest absolute Gasteiger partial charge is 0.251 e. The van der Waals surface area contributed by atoms with Gasteiger partial charge in [-0.3, -0.25) is 9.59 Å². The average molecular weight is 378 g/mol. The average Bonchev–Trinajstić information content (AvgIpc) is 3.41. The minimum Gasteiger partial charge on any atom is -0.349 e. The zero-order valence-corrected chi connectivity index (χ0v) is 15.8. The van der Waals surface area contributed by atoms with Crippen molar-refractivity contribution in [1.29, 1.82) is 0 Å². The lowest BCUT2D eigenvalue weighted by Gasteiger charge is -2.45. The number of benzene rings is 1. The van der Waals surface area contributed by atoms with Gasteiger partial charge in [-0.25, -0.2) is 0 Å². The molecule has 2 unspecified atom stereocenters. The predicted molar refractivity (Wildman–Crippen MR) is 104 cm³/mol. The molecule has 142 valence electrons. The van der Waals surface area contributed by atoms with Crippen LogP contribution < -0.4 is 16.4 Å². The first kappa shape index (κ1) is 19.2. The van der Waals surface area contributed by atoms with Crippen molar-refractivity contribution < 1.29 is 9.59 Å². The molecule has 4 N–H and O–H groups in total. The topological polar surface area (TPSA) is 84.2 Å². The van der Waals surface area contributed by atoms with Gasteiger partial charge in [-0.05, 0) is 68.6 Å². The van der Waals surface area contributed by atoms with E-state index in [1.54, 1.807) is 6.07 Å². The van der Waals surface area contributed by atoms with E-state index in [0.29, 0.717) is 23.1 Å². The molecule has 3 saturated carbocycles. The number of carbonyl (C=O) groups is 2. The number of nitrogens with one attached hydrogen (secondary N) is 2. The van der Waals surface area contributed by atoms with Gasteiger partial charge < -0.3 is 16.4 Å². The Morgan fingerprint density at radius 3 is 2.38 bits per heavy atom. The van der Waals surface area contributed by atoms with E-state index in [1.165, 1.54) is 6.42 Å². The van der Waals surface area contributed by atoms with Crippen molar-refractivity contribution >= 4 is 29.9 Å². The van der Waals surface area contributed by atoms with Gasteiger partial charge in [0.05, 0.1) is 0 Å². The molecule has 4 rings (SSSR count). The quantitative estimate of drug-likeness (QED) is 0.753. The van der Waals surface area contributed by atoms with Gasteiger partial charge in [0.15, 0.2) is 0 Å². The number of halogens is 1. The number of anilines is 1. The summed E-state index contributed by atoms with van der Waals surface area (Å²) in [5, 5.41) is 6.18. The Balaban J connectivity index is 0.00000196. The Hall–Kier alpha value is -1.59. The second-order valence-corrected chi connectivity index (χ2v) is 8.03. The molecule has 0 spiro atoms. The molecular weight excluding hydrogens is 350 g/mol. The van der Waals surface area contributed by atoms with Gasteiger partial charge in [0, 0.05) is 29.3 Å². The van der Waals surface area contributed by atoms with Crippen molar-refractivity contribution in [2.45, 2.75) is 57.0 Å². The molecule has 5 nitrogen and oxygen atoms in total. The van der Waals surface area contributed by atoms with Crippen LogP contribution in [-0.4, -0.2) is 23.9 Å². The Bertz CT molecular complexity index is 663. The number of nitrogens with two attached hydrogens (primary N) is 1. The fourth-order valence-corrected chi connectivity index (χ4v) is 4.59. The van der Waals surface area contributed by atoms with Crippen molar-refractivity contribution in [1.82, 2.24) is 5.32 Å². The van der Waals surface area contributed by atoms with E-state index in [1.807, 2.05) is 18.2 Å². The first-order valence-corrected chi connectivity index (χ1v) is 9.57. The zero-order valence-electron chi connectivity index (χ0n) is 14.9. The van der Waals surface area contributed by atoms with Crippen molar-refractivity contribution in [3.63, 3.8) is 0 Å². The van der Waals surface area contributed by atoms with Crippen LogP contribution in [0.25, 0.3) is 0 Å². The summed E-state index contributed by atoms with van der Waals surface area (Å²) in [6, 6.07) is 7.78. The number of carbonyl (C=O) groups excluding carboxylic acids is 2. The summed E-state index contributed by atoms with van der Waals surface area (Å²) in [6.07, 6.45) is 7.53. The molecule has 0 radical (unpaired) electrons. The van der Waals surface area contributed by atoms with E-state index >= 15 is 0 Å². The van der Waals surface area contributed by atoms with E-state index in [-0.39, 0.29) is 42.2 Å². The van der Waals surface area contributed by atoms with Gasteiger partial charge in [-0.15, -0.1) is 12.4 Å². The lowest BCUT2D eigenvalue weighted by Crippen LogP contribution is -2.53. The van der Waals surface area contributed by atoms with Gasteiger partial charge in [0.25, 0.3) is 5.91 Å². The monoisotopic (exact) mass is 377 g/mol. The summed E-state index contributed by atoms with van der Waals surface area (Å²) in [5.74, 6) is 1.19. The van der Waals surface area contributed by atoms with Gasteiger partial charge in [0.2, 0.25) is 5.91 Å². The standard InChI is InChI=1S/C20H27N3O2.ClH/c21-16-9-13-3-1-4-14(10-16)18(13)23-20(25)15-5-2-6-17(11-15)22-19(24)12-7-8-12;/h2,5-6,11-14,16,18H,1,3-4,7-10,21H2,(H,22,24)(H,23,25);1H. The molecule has 1 aromatic rings. The number of fused-ring (bicyclic) bond motifs is 2. The molecule has 0 aliphatic heterocycles. The zero-order chi connectivity index (χ0) is 17.4. The van der Waals surface area contributed by atoms with Crippen molar-refractivity contribution in [3.05, 3.63) is 29.8 Å². The van der Waals surface area contributed by atoms with Gasteiger partial charge in [-0.2, -0.15) is 0 Å². The van der Waals surface area contributed by atoms with Crippen LogP contribution in [0.2, 0.25) is 0 Å². The SMILES string of the molecule is Cl.NC1CC2CCCC(C1)C2NC(=O)c1cccc(NC(=O)C2CC2)c1. The molecule has 0 aromatic heterocycles. The summed E-state index contributed by atoms with van der Waals surface area (Å²) in [5.41, 5.74) is 7.49. The van der Waals surface area contributed by atoms with E-state index < -0.39 is 0 Å². The maximum Gasteiger partial charge on any atom is 0.251 e. The summed E-state index contributed by atoms with van der Waals surface area (Å²) >= 11 is 0. The van der Waals surface area contributed by atoms with Gasteiger partial charge in [0.1, 0.15) is 0 Å². The fourth-order valence-electron chi connectivity index (χ4n) is 4.59. The van der Waals surface area contributed by atoms with Crippen LogP contribution in [-0.2, 0) is 4.79 Å². The van der Waals surface area contributed by atoms with Crippen molar-refractivity contribution in [2.24, 2.45) is 23.5 Å². The highest BCUT2D eigenvalue weighted by Gasteiger charge is 2.40. The molecule has 6 heteroatoms. The van der Waals surface area contributed by atoms with Gasteiger partial charge in [-0.1, -0.05) is 12.5 Å². The van der Waals surface area contributed by atoms with Crippen LogP contribution in [0, 0.1) is 17.8 Å². The minimum absolute atomic E-state index is 0. The second-order valence-electron chi connectivity index (χ2n) is 8.03. The largest absolute Gasteiger partial charge is 0.349 e. The summed E-state index contributed by atoms with van der Waals surface area (Å²) < 4.78 is 0. The predicted octanol–water partition coefficient (Wildman–Crippen LogP) is 3.09. The van der Waals surface area contributed by atoms with E-state index in [2.05, 4.69) is 10.6 Å². The highest BCUT2D eigenvalue weighted by atomic mass is 35.5. The third-order valence-corrected chi connectivity index (χ3v) is 6.01. The number of hydrogen-bond acceptors (Lipinski definition) is 3. The lowest BCUT2D eigenvalue weighted by molar-refractivity contribution is -0.117. The van der Waals surface area contributed by atoms with E-state index in [4.69, 9.17) is 5.73 Å². The van der Waals surface area contributed by atoms with Crippen molar-refractivity contribution in [2.75, 3.05) is 5.32 Å². The summed E-state index contributed by atoms with van der Waals surface area (Å²) in [4.78, 5) is 24.7. The van der Waals surface area contributed by atoms with E-state index in [9.17, 15) is 9.59 Å². The van der Waals surface area contributed by atoms with Crippen molar-refractivity contribution in [3.8, 4) is 0 Å². The molecule has 2 atom stereocenters. The first-order valence-electron chi connectivity index (χ1n) is 9.57. The maximum absolute atomic E-state index is 12.8. The molecule has 1 aromatic carbocycles. The molecule has 0 saturated heterocycles.